The molecule has 0 radical (unpaired) electrons. The van der Waals surface area contributed by atoms with Crippen LogP contribution in [-0.2, 0) is 9.53 Å². The molecule has 2 amide bonds. The summed E-state index contributed by atoms with van der Waals surface area (Å²) in [6, 6.07) is 14.7. The Morgan fingerprint density at radius 3 is 2.04 bits per heavy atom. The summed E-state index contributed by atoms with van der Waals surface area (Å²) in [5, 5.41) is 8.66. The third-order valence-corrected chi connectivity index (χ3v) is 3.00. The van der Waals surface area contributed by atoms with Crippen molar-refractivity contribution in [3.05, 3.63) is 48.5 Å². The maximum absolute atomic E-state index is 11.7. The van der Waals surface area contributed by atoms with Crippen molar-refractivity contribution in [3.63, 3.8) is 0 Å². The van der Waals surface area contributed by atoms with Gasteiger partial charge in [-0.25, -0.2) is 4.79 Å². The Kier molecular flexibility index (Phi) is 5.64. The number of rotatable bonds is 4. The lowest BCUT2D eigenvalue weighted by atomic mass is 10.2. The van der Waals surface area contributed by atoms with Gasteiger partial charge in [0.25, 0.3) is 0 Å². The van der Waals surface area contributed by atoms with E-state index in [1.54, 1.807) is 12.1 Å². The molecule has 6 heteroatoms. The standard InChI is InChI=1S/C19H23N3O3/c1-13(23)20-16-6-5-7-17(12-16)21-14-8-10-15(11-9-14)22-18(24)25-19(2,3)4/h5-12,21H,1-4H3,(H,20,23)(H,22,24). The van der Waals surface area contributed by atoms with Crippen LogP contribution in [0.15, 0.2) is 48.5 Å². The van der Waals surface area contributed by atoms with E-state index >= 15 is 0 Å². The van der Waals surface area contributed by atoms with Crippen LogP contribution in [0.2, 0.25) is 0 Å². The minimum atomic E-state index is -0.537. The molecule has 2 aromatic rings. The van der Waals surface area contributed by atoms with E-state index in [0.717, 1.165) is 17.1 Å². The summed E-state index contributed by atoms with van der Waals surface area (Å²) in [5.74, 6) is -0.116. The van der Waals surface area contributed by atoms with Crippen LogP contribution in [0, 0.1) is 0 Å². The minimum absolute atomic E-state index is 0.116. The molecule has 0 saturated carbocycles. The van der Waals surface area contributed by atoms with E-state index in [0.29, 0.717) is 5.69 Å². The molecule has 0 aliphatic carbocycles. The van der Waals surface area contributed by atoms with Crippen LogP contribution >= 0.6 is 0 Å². The second kappa shape index (κ2) is 7.70. The van der Waals surface area contributed by atoms with E-state index in [4.69, 9.17) is 4.74 Å². The third-order valence-electron chi connectivity index (χ3n) is 3.00. The number of hydrogen-bond donors (Lipinski definition) is 3. The summed E-state index contributed by atoms with van der Waals surface area (Å²) in [6.07, 6.45) is -0.490. The molecule has 0 fully saturated rings. The molecule has 6 nitrogen and oxygen atoms in total. The molecule has 132 valence electrons. The quantitative estimate of drug-likeness (QED) is 0.751. The Balaban J connectivity index is 1.98. The first kappa shape index (κ1) is 18.3. The molecule has 2 aromatic carbocycles. The SMILES string of the molecule is CC(=O)Nc1cccc(Nc2ccc(NC(=O)OC(C)(C)C)cc2)c1. The largest absolute Gasteiger partial charge is 0.444 e. The van der Waals surface area contributed by atoms with E-state index in [1.165, 1.54) is 6.92 Å². The number of ether oxygens (including phenoxy) is 1. The van der Waals surface area contributed by atoms with Crippen molar-refractivity contribution in [1.82, 2.24) is 0 Å². The highest BCUT2D eigenvalue weighted by Crippen LogP contribution is 2.22. The fourth-order valence-corrected chi connectivity index (χ4v) is 2.10. The number of nitrogens with one attached hydrogen (secondary N) is 3. The molecule has 0 aliphatic rings. The summed E-state index contributed by atoms with van der Waals surface area (Å²) in [5.41, 5.74) is 2.53. The summed E-state index contributed by atoms with van der Waals surface area (Å²) >= 11 is 0. The van der Waals surface area contributed by atoms with Gasteiger partial charge in [-0.15, -0.1) is 0 Å². The number of anilines is 4. The van der Waals surface area contributed by atoms with Crippen LogP contribution in [0.3, 0.4) is 0 Å². The van der Waals surface area contributed by atoms with Gasteiger partial charge in [0, 0.05) is 29.7 Å². The highest BCUT2D eigenvalue weighted by molar-refractivity contribution is 5.89. The Labute approximate surface area is 147 Å². The van der Waals surface area contributed by atoms with Gasteiger partial charge in [-0.3, -0.25) is 10.1 Å². The summed E-state index contributed by atoms with van der Waals surface area (Å²) in [4.78, 5) is 22.9. The molecule has 2 rings (SSSR count). The average molecular weight is 341 g/mol. The van der Waals surface area contributed by atoms with Crippen LogP contribution in [-0.4, -0.2) is 17.6 Å². The second-order valence-electron chi connectivity index (χ2n) is 6.59. The Morgan fingerprint density at radius 1 is 0.840 bits per heavy atom. The molecule has 3 N–H and O–H groups in total. The first-order valence-electron chi connectivity index (χ1n) is 7.96. The maximum atomic E-state index is 11.7. The van der Waals surface area contributed by atoms with Gasteiger partial charge in [-0.1, -0.05) is 6.07 Å². The second-order valence-corrected chi connectivity index (χ2v) is 6.59. The summed E-state index contributed by atoms with van der Waals surface area (Å²) in [7, 11) is 0. The summed E-state index contributed by atoms with van der Waals surface area (Å²) < 4.78 is 5.21. The van der Waals surface area contributed by atoms with E-state index in [1.807, 2.05) is 57.2 Å². The molecular formula is C19H23N3O3. The van der Waals surface area contributed by atoms with Gasteiger partial charge in [-0.2, -0.15) is 0 Å². The minimum Gasteiger partial charge on any atom is -0.444 e. The molecule has 0 bridgehead atoms. The highest BCUT2D eigenvalue weighted by atomic mass is 16.6. The number of benzene rings is 2. The molecule has 0 heterocycles. The van der Waals surface area contributed by atoms with Crippen molar-refractivity contribution in [3.8, 4) is 0 Å². The zero-order valence-electron chi connectivity index (χ0n) is 14.8. The van der Waals surface area contributed by atoms with E-state index in [2.05, 4.69) is 16.0 Å². The van der Waals surface area contributed by atoms with Crippen molar-refractivity contribution in [2.45, 2.75) is 33.3 Å². The van der Waals surface area contributed by atoms with Gasteiger partial charge < -0.3 is 15.4 Å². The maximum Gasteiger partial charge on any atom is 0.412 e. The van der Waals surface area contributed by atoms with Crippen LogP contribution in [0.25, 0.3) is 0 Å². The average Bonchev–Trinajstić information content (AvgIpc) is 2.47. The molecule has 0 spiro atoms. The van der Waals surface area contributed by atoms with Crippen molar-refractivity contribution in [2.24, 2.45) is 0 Å². The first-order chi connectivity index (χ1) is 11.7. The lowest BCUT2D eigenvalue weighted by Crippen LogP contribution is -2.27. The molecule has 0 atom stereocenters. The zero-order chi connectivity index (χ0) is 18.4. The smallest absolute Gasteiger partial charge is 0.412 e. The van der Waals surface area contributed by atoms with Crippen molar-refractivity contribution < 1.29 is 14.3 Å². The van der Waals surface area contributed by atoms with Crippen molar-refractivity contribution in [1.29, 1.82) is 0 Å². The van der Waals surface area contributed by atoms with Crippen molar-refractivity contribution >= 4 is 34.7 Å². The van der Waals surface area contributed by atoms with Gasteiger partial charge >= 0.3 is 6.09 Å². The fourth-order valence-electron chi connectivity index (χ4n) is 2.10. The van der Waals surface area contributed by atoms with Crippen LogP contribution in [0.5, 0.6) is 0 Å². The number of hydrogen-bond acceptors (Lipinski definition) is 4. The lowest BCUT2D eigenvalue weighted by molar-refractivity contribution is -0.114. The first-order valence-corrected chi connectivity index (χ1v) is 7.96. The van der Waals surface area contributed by atoms with Crippen LogP contribution in [0.1, 0.15) is 27.7 Å². The number of carbonyl (C=O) groups excluding carboxylic acids is 2. The van der Waals surface area contributed by atoms with Crippen molar-refractivity contribution in [2.75, 3.05) is 16.0 Å². The number of carbonyl (C=O) groups is 2. The van der Waals surface area contributed by atoms with Crippen LogP contribution in [0.4, 0.5) is 27.5 Å². The molecule has 0 saturated heterocycles. The van der Waals surface area contributed by atoms with Gasteiger partial charge in [-0.05, 0) is 63.2 Å². The van der Waals surface area contributed by atoms with Crippen LogP contribution < -0.4 is 16.0 Å². The topological polar surface area (TPSA) is 79.5 Å². The van der Waals surface area contributed by atoms with Gasteiger partial charge in [0.05, 0.1) is 0 Å². The van der Waals surface area contributed by atoms with Gasteiger partial charge in [0.1, 0.15) is 5.60 Å². The molecule has 25 heavy (non-hydrogen) atoms. The van der Waals surface area contributed by atoms with Gasteiger partial charge in [0.15, 0.2) is 0 Å². The molecule has 0 aliphatic heterocycles. The normalized spacial score (nSPS) is 10.7. The van der Waals surface area contributed by atoms with E-state index in [-0.39, 0.29) is 5.91 Å². The Morgan fingerprint density at radius 2 is 1.44 bits per heavy atom. The highest BCUT2D eigenvalue weighted by Gasteiger charge is 2.16. The monoisotopic (exact) mass is 341 g/mol. The van der Waals surface area contributed by atoms with E-state index in [9.17, 15) is 9.59 Å². The predicted octanol–water partition coefficient (Wildman–Crippen LogP) is 4.74. The Hall–Kier alpha value is -3.02. The lowest BCUT2D eigenvalue weighted by Gasteiger charge is -2.19. The van der Waals surface area contributed by atoms with Gasteiger partial charge in [0.2, 0.25) is 5.91 Å². The fraction of sp³-hybridized carbons (Fsp3) is 0.263. The summed E-state index contributed by atoms with van der Waals surface area (Å²) in [6.45, 7) is 6.91. The molecular weight excluding hydrogens is 318 g/mol. The Bertz CT molecular complexity index is 749. The third kappa shape index (κ3) is 6.55. The molecule has 0 unspecified atom stereocenters. The van der Waals surface area contributed by atoms with E-state index < -0.39 is 11.7 Å². The molecule has 0 aromatic heterocycles. The number of amides is 2. The predicted molar refractivity (Wildman–Crippen MR) is 100 cm³/mol. The zero-order valence-corrected chi connectivity index (χ0v) is 14.8.